The average molecular weight is 375 g/mol. The summed E-state index contributed by atoms with van der Waals surface area (Å²) >= 11 is 8.38. The molecule has 0 bridgehead atoms. The van der Waals surface area contributed by atoms with Gasteiger partial charge in [-0.15, -0.1) is 0 Å². The van der Waals surface area contributed by atoms with Crippen LogP contribution >= 0.6 is 34.2 Å². The summed E-state index contributed by atoms with van der Waals surface area (Å²) in [4.78, 5) is 8.43. The lowest BCUT2D eigenvalue weighted by Crippen LogP contribution is -2.05. The first-order valence-electron chi connectivity index (χ1n) is 5.30. The first-order chi connectivity index (χ1) is 8.47. The van der Waals surface area contributed by atoms with E-state index in [9.17, 15) is 0 Å². The molecule has 0 aliphatic carbocycles. The molecule has 0 aliphatic rings. The Morgan fingerprint density at radius 2 is 2.00 bits per heavy atom. The minimum atomic E-state index is 0.478. The summed E-state index contributed by atoms with van der Waals surface area (Å²) in [6.07, 6.45) is 0. The topological polar surface area (TPSA) is 63.8 Å². The molecule has 0 unspecified atom stereocenters. The van der Waals surface area contributed by atoms with E-state index in [1.807, 2.05) is 25.1 Å². The van der Waals surface area contributed by atoms with Crippen molar-refractivity contribution in [2.24, 2.45) is 0 Å². The van der Waals surface area contributed by atoms with Gasteiger partial charge in [0.2, 0.25) is 0 Å². The van der Waals surface area contributed by atoms with Gasteiger partial charge in [-0.05, 0) is 54.6 Å². The van der Waals surface area contributed by atoms with E-state index in [1.165, 1.54) is 0 Å². The molecule has 0 fully saturated rings. The lowest BCUT2D eigenvalue weighted by molar-refractivity contribution is 1.04. The van der Waals surface area contributed by atoms with Crippen LogP contribution in [0.15, 0.2) is 18.2 Å². The first-order valence-corrected chi connectivity index (χ1v) is 6.76. The molecule has 1 heterocycles. The van der Waals surface area contributed by atoms with Crippen LogP contribution in [0.3, 0.4) is 0 Å². The van der Waals surface area contributed by atoms with Crippen LogP contribution in [0.5, 0.6) is 0 Å². The Balaban J connectivity index is 2.40. The zero-order chi connectivity index (χ0) is 13.3. The van der Waals surface area contributed by atoms with Crippen LogP contribution in [0, 0.1) is 17.4 Å². The van der Waals surface area contributed by atoms with Crippen molar-refractivity contribution in [1.29, 1.82) is 0 Å². The fourth-order valence-electron chi connectivity index (χ4n) is 1.49. The van der Waals surface area contributed by atoms with Gasteiger partial charge in [-0.2, -0.15) is 0 Å². The standard InChI is InChI=1S/C12H12ClIN4/c1-6-11(15)16-7(2)17-12(6)18-10-4-3-8(14)5-9(10)13/h3-5H,1-2H3,(H3,15,16,17,18). The molecular weight excluding hydrogens is 363 g/mol. The smallest absolute Gasteiger partial charge is 0.139 e. The molecule has 3 N–H and O–H groups in total. The number of anilines is 3. The minimum absolute atomic E-state index is 0.478. The summed E-state index contributed by atoms with van der Waals surface area (Å²) in [5.41, 5.74) is 7.43. The normalized spacial score (nSPS) is 10.4. The maximum absolute atomic E-state index is 6.17. The van der Waals surface area contributed by atoms with Crippen molar-refractivity contribution in [2.45, 2.75) is 13.8 Å². The number of rotatable bonds is 2. The summed E-state index contributed by atoms with van der Waals surface area (Å²) in [6.45, 7) is 3.67. The molecule has 2 rings (SSSR count). The van der Waals surface area contributed by atoms with Gasteiger partial charge in [0.15, 0.2) is 0 Å². The molecule has 6 heteroatoms. The largest absolute Gasteiger partial charge is 0.383 e. The maximum Gasteiger partial charge on any atom is 0.139 e. The molecule has 18 heavy (non-hydrogen) atoms. The number of hydrogen-bond donors (Lipinski definition) is 2. The second-order valence-corrected chi connectivity index (χ2v) is 5.53. The highest BCUT2D eigenvalue weighted by molar-refractivity contribution is 14.1. The van der Waals surface area contributed by atoms with Crippen LogP contribution < -0.4 is 11.1 Å². The molecule has 0 amide bonds. The summed E-state index contributed by atoms with van der Waals surface area (Å²) in [5, 5.41) is 3.83. The number of nitrogens with zero attached hydrogens (tertiary/aromatic N) is 2. The molecular formula is C12H12ClIN4. The molecule has 1 aromatic heterocycles. The highest BCUT2D eigenvalue weighted by Gasteiger charge is 2.08. The Morgan fingerprint density at radius 1 is 1.28 bits per heavy atom. The number of nitrogens with two attached hydrogens (primary N) is 1. The first kappa shape index (κ1) is 13.4. The van der Waals surface area contributed by atoms with E-state index in [4.69, 9.17) is 17.3 Å². The van der Waals surface area contributed by atoms with Crippen molar-refractivity contribution in [3.05, 3.63) is 38.2 Å². The highest BCUT2D eigenvalue weighted by atomic mass is 127. The van der Waals surface area contributed by atoms with Gasteiger partial charge in [0.25, 0.3) is 0 Å². The van der Waals surface area contributed by atoms with E-state index in [-0.39, 0.29) is 0 Å². The van der Waals surface area contributed by atoms with Gasteiger partial charge in [0.1, 0.15) is 17.5 Å². The quantitative estimate of drug-likeness (QED) is 0.787. The molecule has 0 saturated heterocycles. The van der Waals surface area contributed by atoms with E-state index in [1.54, 1.807) is 6.92 Å². The van der Waals surface area contributed by atoms with Crippen molar-refractivity contribution < 1.29 is 0 Å². The number of nitrogen functional groups attached to an aromatic ring is 1. The van der Waals surface area contributed by atoms with E-state index in [0.29, 0.717) is 22.5 Å². The van der Waals surface area contributed by atoms with E-state index in [0.717, 1.165) is 14.8 Å². The zero-order valence-electron chi connectivity index (χ0n) is 9.96. The van der Waals surface area contributed by atoms with E-state index < -0.39 is 0 Å². The number of hydrogen-bond acceptors (Lipinski definition) is 4. The van der Waals surface area contributed by atoms with Gasteiger partial charge in [-0.3, -0.25) is 0 Å². The van der Waals surface area contributed by atoms with E-state index in [2.05, 4.69) is 37.9 Å². The van der Waals surface area contributed by atoms with Gasteiger partial charge >= 0.3 is 0 Å². The number of aromatic nitrogens is 2. The van der Waals surface area contributed by atoms with Crippen LogP contribution in [-0.4, -0.2) is 9.97 Å². The molecule has 2 aromatic rings. The van der Waals surface area contributed by atoms with Crippen molar-refractivity contribution in [3.8, 4) is 0 Å². The van der Waals surface area contributed by atoms with Crippen molar-refractivity contribution in [3.63, 3.8) is 0 Å². The molecule has 0 spiro atoms. The number of nitrogens with one attached hydrogen (secondary N) is 1. The number of aryl methyl sites for hydroxylation is 1. The van der Waals surface area contributed by atoms with Crippen molar-refractivity contribution in [1.82, 2.24) is 9.97 Å². The van der Waals surface area contributed by atoms with Crippen LogP contribution in [0.25, 0.3) is 0 Å². The predicted molar refractivity (Wildman–Crippen MR) is 83.4 cm³/mol. The molecule has 0 saturated carbocycles. The molecule has 94 valence electrons. The third-order valence-corrected chi connectivity index (χ3v) is 3.46. The lowest BCUT2D eigenvalue weighted by Gasteiger charge is -2.12. The van der Waals surface area contributed by atoms with Gasteiger partial charge in [0, 0.05) is 9.13 Å². The summed E-state index contributed by atoms with van der Waals surface area (Å²) in [6, 6.07) is 5.77. The van der Waals surface area contributed by atoms with Gasteiger partial charge in [-0.1, -0.05) is 11.6 Å². The molecule has 0 atom stereocenters. The SMILES string of the molecule is Cc1nc(N)c(C)c(Nc2ccc(I)cc2Cl)n1. The Hall–Kier alpha value is -1.08. The molecule has 0 radical (unpaired) electrons. The summed E-state index contributed by atoms with van der Waals surface area (Å²) in [5.74, 6) is 1.79. The van der Waals surface area contributed by atoms with Crippen molar-refractivity contribution >= 4 is 51.5 Å². The van der Waals surface area contributed by atoms with Crippen molar-refractivity contribution in [2.75, 3.05) is 11.1 Å². The Labute approximate surface area is 124 Å². The lowest BCUT2D eigenvalue weighted by atomic mass is 10.2. The molecule has 0 aliphatic heterocycles. The third-order valence-electron chi connectivity index (χ3n) is 2.48. The van der Waals surface area contributed by atoms with Crippen LogP contribution in [-0.2, 0) is 0 Å². The Kier molecular flexibility index (Phi) is 3.91. The molecule has 4 nitrogen and oxygen atoms in total. The fraction of sp³-hybridized carbons (Fsp3) is 0.167. The highest BCUT2D eigenvalue weighted by Crippen LogP contribution is 2.28. The Bertz CT molecular complexity index is 601. The number of benzene rings is 1. The third kappa shape index (κ3) is 2.84. The predicted octanol–water partition coefficient (Wildman–Crippen LogP) is 3.68. The maximum atomic E-state index is 6.17. The number of halogens is 2. The van der Waals surface area contributed by atoms with Crippen LogP contribution in [0.1, 0.15) is 11.4 Å². The second kappa shape index (κ2) is 5.27. The van der Waals surface area contributed by atoms with Gasteiger partial charge in [0.05, 0.1) is 10.7 Å². The van der Waals surface area contributed by atoms with Gasteiger partial charge in [-0.25, -0.2) is 9.97 Å². The summed E-state index contributed by atoms with van der Waals surface area (Å²) < 4.78 is 1.08. The minimum Gasteiger partial charge on any atom is -0.383 e. The molecule has 1 aromatic carbocycles. The second-order valence-electron chi connectivity index (χ2n) is 3.88. The monoisotopic (exact) mass is 374 g/mol. The van der Waals surface area contributed by atoms with Gasteiger partial charge < -0.3 is 11.1 Å². The fourth-order valence-corrected chi connectivity index (χ4v) is 2.39. The van der Waals surface area contributed by atoms with Crippen LogP contribution in [0.2, 0.25) is 5.02 Å². The zero-order valence-corrected chi connectivity index (χ0v) is 12.9. The Morgan fingerprint density at radius 3 is 2.67 bits per heavy atom. The van der Waals surface area contributed by atoms with Crippen LogP contribution in [0.4, 0.5) is 17.3 Å². The van der Waals surface area contributed by atoms with E-state index >= 15 is 0 Å². The summed E-state index contributed by atoms with van der Waals surface area (Å²) in [7, 11) is 0. The average Bonchev–Trinajstić information content (AvgIpc) is 2.29.